The van der Waals surface area contributed by atoms with Crippen LogP contribution in [0.2, 0.25) is 0 Å². The first-order chi connectivity index (χ1) is 7.24. The Morgan fingerprint density at radius 2 is 2.27 bits per heavy atom. The molecular weight excluding hydrogens is 188 g/mol. The predicted octanol–water partition coefficient (Wildman–Crippen LogP) is 2.99. The van der Waals surface area contributed by atoms with Crippen LogP contribution in [0.25, 0.3) is 6.08 Å². The Kier molecular flexibility index (Phi) is 2.58. The van der Waals surface area contributed by atoms with Gasteiger partial charge < -0.3 is 4.74 Å². The highest BCUT2D eigenvalue weighted by atomic mass is 16.5. The van der Waals surface area contributed by atoms with Crippen LogP contribution in [0.15, 0.2) is 24.3 Å². The van der Waals surface area contributed by atoms with E-state index >= 15 is 0 Å². The van der Waals surface area contributed by atoms with E-state index in [9.17, 15) is 4.79 Å². The number of hydrogen-bond donors (Lipinski definition) is 0. The van der Waals surface area contributed by atoms with Crippen molar-refractivity contribution in [3.8, 4) is 0 Å². The Bertz CT molecular complexity index is 419. The zero-order valence-electron chi connectivity index (χ0n) is 8.99. The molecule has 0 saturated heterocycles. The average molecular weight is 202 g/mol. The van der Waals surface area contributed by atoms with Crippen molar-refractivity contribution >= 4 is 12.0 Å². The zero-order valence-corrected chi connectivity index (χ0v) is 8.99. The second-order valence-corrected chi connectivity index (χ2v) is 3.68. The molecule has 0 fully saturated rings. The van der Waals surface area contributed by atoms with Crippen molar-refractivity contribution in [2.75, 3.05) is 6.61 Å². The number of benzene rings is 1. The molecular formula is C13H14O2. The number of hydrogen-bond acceptors (Lipinski definition) is 2. The molecule has 0 heterocycles. The van der Waals surface area contributed by atoms with E-state index in [1.54, 1.807) is 0 Å². The van der Waals surface area contributed by atoms with Gasteiger partial charge >= 0.3 is 5.97 Å². The molecule has 1 aromatic rings. The number of carbonyl (C=O) groups excluding carboxylic acids is 1. The van der Waals surface area contributed by atoms with E-state index in [1.165, 1.54) is 5.56 Å². The molecule has 1 aliphatic carbocycles. The van der Waals surface area contributed by atoms with Gasteiger partial charge in [0.15, 0.2) is 0 Å². The normalized spacial score (nSPS) is 17.6. The average Bonchev–Trinajstić information content (AvgIpc) is 2.61. The summed E-state index contributed by atoms with van der Waals surface area (Å²) in [5.41, 5.74) is 2.90. The highest BCUT2D eigenvalue weighted by Gasteiger charge is 2.19. The summed E-state index contributed by atoms with van der Waals surface area (Å²) in [5.74, 6) is 0.169. The summed E-state index contributed by atoms with van der Waals surface area (Å²) in [6, 6.07) is 5.79. The van der Waals surface area contributed by atoms with Gasteiger partial charge in [-0.1, -0.05) is 31.2 Å². The molecule has 0 aromatic heterocycles. The summed E-state index contributed by atoms with van der Waals surface area (Å²) in [6.07, 6.45) is 4.11. The standard InChI is InChI=1S/C13H14O2/c1-3-15-13(14)12-6-4-5-10-9(2)7-8-11(10)12/h4-9H,3H2,1-2H3. The predicted molar refractivity (Wildman–Crippen MR) is 59.8 cm³/mol. The third kappa shape index (κ3) is 1.67. The lowest BCUT2D eigenvalue weighted by molar-refractivity contribution is 0.0526. The molecule has 15 heavy (non-hydrogen) atoms. The summed E-state index contributed by atoms with van der Waals surface area (Å²) in [6.45, 7) is 4.36. The third-order valence-electron chi connectivity index (χ3n) is 2.68. The van der Waals surface area contributed by atoms with Crippen molar-refractivity contribution in [1.82, 2.24) is 0 Å². The first kappa shape index (κ1) is 9.97. The Labute approximate surface area is 89.6 Å². The molecule has 1 aromatic carbocycles. The molecule has 0 spiro atoms. The van der Waals surface area contributed by atoms with Gasteiger partial charge in [0.25, 0.3) is 0 Å². The molecule has 1 atom stereocenters. The van der Waals surface area contributed by atoms with Crippen LogP contribution in [0, 0.1) is 0 Å². The molecule has 0 saturated carbocycles. The highest BCUT2D eigenvalue weighted by Crippen LogP contribution is 2.31. The molecule has 1 aliphatic rings. The number of carbonyl (C=O) groups is 1. The van der Waals surface area contributed by atoms with Crippen molar-refractivity contribution < 1.29 is 9.53 Å². The fourth-order valence-electron chi connectivity index (χ4n) is 1.90. The largest absolute Gasteiger partial charge is 0.462 e. The van der Waals surface area contributed by atoms with E-state index < -0.39 is 0 Å². The van der Waals surface area contributed by atoms with Crippen LogP contribution < -0.4 is 0 Å². The summed E-state index contributed by atoms with van der Waals surface area (Å²) >= 11 is 0. The minimum absolute atomic E-state index is 0.229. The molecule has 2 rings (SSSR count). The van der Waals surface area contributed by atoms with Crippen LogP contribution in [0.5, 0.6) is 0 Å². The van der Waals surface area contributed by atoms with Crippen LogP contribution in [-0.4, -0.2) is 12.6 Å². The van der Waals surface area contributed by atoms with E-state index in [-0.39, 0.29) is 5.97 Å². The minimum Gasteiger partial charge on any atom is -0.462 e. The first-order valence-electron chi connectivity index (χ1n) is 5.22. The van der Waals surface area contributed by atoms with Crippen molar-refractivity contribution in [2.24, 2.45) is 0 Å². The van der Waals surface area contributed by atoms with Crippen molar-refractivity contribution in [3.05, 3.63) is 41.0 Å². The second-order valence-electron chi connectivity index (χ2n) is 3.68. The fraction of sp³-hybridized carbons (Fsp3) is 0.308. The second kappa shape index (κ2) is 3.89. The van der Waals surface area contributed by atoms with Gasteiger partial charge in [0, 0.05) is 0 Å². The van der Waals surface area contributed by atoms with Crippen molar-refractivity contribution in [2.45, 2.75) is 19.8 Å². The van der Waals surface area contributed by atoms with E-state index in [1.807, 2.05) is 25.1 Å². The molecule has 2 nitrogen and oxygen atoms in total. The smallest absolute Gasteiger partial charge is 0.338 e. The molecule has 2 heteroatoms. The monoisotopic (exact) mass is 202 g/mol. The summed E-state index contributed by atoms with van der Waals surface area (Å²) < 4.78 is 5.02. The zero-order chi connectivity index (χ0) is 10.8. The molecule has 0 N–H and O–H groups in total. The van der Waals surface area contributed by atoms with Gasteiger partial charge in [0.2, 0.25) is 0 Å². The SMILES string of the molecule is CCOC(=O)c1cccc2c1C=CC2C. The Morgan fingerprint density at radius 3 is 3.00 bits per heavy atom. The summed E-state index contributed by atoms with van der Waals surface area (Å²) in [4.78, 5) is 11.7. The quantitative estimate of drug-likeness (QED) is 0.689. The van der Waals surface area contributed by atoms with Gasteiger partial charge in [-0.15, -0.1) is 0 Å². The van der Waals surface area contributed by atoms with Crippen LogP contribution >= 0.6 is 0 Å². The van der Waals surface area contributed by atoms with Gasteiger partial charge in [0.1, 0.15) is 0 Å². The number of esters is 1. The molecule has 0 aliphatic heterocycles. The highest BCUT2D eigenvalue weighted by molar-refractivity contribution is 5.95. The molecule has 0 radical (unpaired) electrons. The van der Waals surface area contributed by atoms with Gasteiger partial charge in [0.05, 0.1) is 12.2 Å². The first-order valence-corrected chi connectivity index (χ1v) is 5.22. The van der Waals surface area contributed by atoms with Crippen molar-refractivity contribution in [1.29, 1.82) is 0 Å². The molecule has 1 unspecified atom stereocenters. The number of rotatable bonds is 2. The Morgan fingerprint density at radius 1 is 1.47 bits per heavy atom. The van der Waals surface area contributed by atoms with E-state index in [0.29, 0.717) is 18.1 Å². The fourth-order valence-corrected chi connectivity index (χ4v) is 1.90. The maximum absolute atomic E-state index is 11.7. The summed E-state index contributed by atoms with van der Waals surface area (Å²) in [5, 5.41) is 0. The lowest BCUT2D eigenvalue weighted by Gasteiger charge is -2.08. The van der Waals surface area contributed by atoms with Gasteiger partial charge in [-0.25, -0.2) is 4.79 Å². The molecule has 0 amide bonds. The Hall–Kier alpha value is -1.57. The van der Waals surface area contributed by atoms with E-state index in [4.69, 9.17) is 4.74 Å². The van der Waals surface area contributed by atoms with Crippen LogP contribution in [0.1, 0.15) is 41.3 Å². The van der Waals surface area contributed by atoms with E-state index in [2.05, 4.69) is 19.1 Å². The van der Waals surface area contributed by atoms with Gasteiger partial charge in [-0.05, 0) is 30.0 Å². The van der Waals surface area contributed by atoms with Crippen LogP contribution in [0.4, 0.5) is 0 Å². The Balaban J connectivity index is 2.42. The minimum atomic E-state index is -0.229. The molecule has 78 valence electrons. The van der Waals surface area contributed by atoms with Gasteiger partial charge in [-0.3, -0.25) is 0 Å². The maximum Gasteiger partial charge on any atom is 0.338 e. The van der Waals surface area contributed by atoms with E-state index in [0.717, 1.165) is 5.56 Å². The number of allylic oxidation sites excluding steroid dienone is 1. The summed E-state index contributed by atoms with van der Waals surface area (Å²) in [7, 11) is 0. The number of ether oxygens (including phenoxy) is 1. The third-order valence-corrected chi connectivity index (χ3v) is 2.68. The molecule has 0 bridgehead atoms. The van der Waals surface area contributed by atoms with Crippen LogP contribution in [-0.2, 0) is 4.74 Å². The lowest BCUT2D eigenvalue weighted by atomic mass is 9.99. The lowest BCUT2D eigenvalue weighted by Crippen LogP contribution is -2.07. The topological polar surface area (TPSA) is 26.3 Å². The maximum atomic E-state index is 11.7. The van der Waals surface area contributed by atoms with Gasteiger partial charge in [-0.2, -0.15) is 0 Å². The van der Waals surface area contributed by atoms with Crippen LogP contribution in [0.3, 0.4) is 0 Å². The van der Waals surface area contributed by atoms with Crippen molar-refractivity contribution in [3.63, 3.8) is 0 Å². The number of fused-ring (bicyclic) bond motifs is 1.